The first-order valence-corrected chi connectivity index (χ1v) is 6.18. The Morgan fingerprint density at radius 3 is 2.32 bits per heavy atom. The van der Waals surface area contributed by atoms with E-state index in [-0.39, 0.29) is 11.7 Å². The molecule has 1 aliphatic rings. The van der Waals surface area contributed by atoms with Crippen LogP contribution in [0, 0.1) is 0 Å². The van der Waals surface area contributed by atoms with E-state index >= 15 is 0 Å². The van der Waals surface area contributed by atoms with Crippen LogP contribution in [-0.2, 0) is 4.79 Å². The van der Waals surface area contributed by atoms with E-state index in [9.17, 15) is 9.59 Å². The predicted molar refractivity (Wildman–Crippen MR) is 69.7 cm³/mol. The van der Waals surface area contributed by atoms with Crippen molar-refractivity contribution in [1.82, 2.24) is 4.90 Å². The maximum Gasteiger partial charge on any atom is 0.254 e. The van der Waals surface area contributed by atoms with Crippen LogP contribution in [0.2, 0.25) is 0 Å². The molecule has 102 valence electrons. The Morgan fingerprint density at radius 2 is 1.74 bits per heavy atom. The largest absolute Gasteiger partial charge is 0.493 e. The quantitative estimate of drug-likeness (QED) is 0.829. The Bertz CT molecular complexity index is 488. The minimum absolute atomic E-state index is 0.0755. The lowest BCUT2D eigenvalue weighted by atomic mass is 10.1. The molecule has 1 aliphatic heterocycles. The van der Waals surface area contributed by atoms with E-state index in [1.54, 1.807) is 30.2 Å². The SMILES string of the molecule is COc1ccc(C(=O)N2CCC(=O)CC2)cc1OC. The molecular formula is C14H17NO4. The van der Waals surface area contributed by atoms with Crippen LogP contribution in [0.5, 0.6) is 11.5 Å². The molecule has 0 aliphatic carbocycles. The summed E-state index contributed by atoms with van der Waals surface area (Å²) in [7, 11) is 3.08. The Kier molecular flexibility index (Phi) is 4.04. The highest BCUT2D eigenvalue weighted by Gasteiger charge is 2.22. The average molecular weight is 263 g/mol. The summed E-state index contributed by atoms with van der Waals surface area (Å²) in [4.78, 5) is 25.2. The van der Waals surface area contributed by atoms with Crippen molar-refractivity contribution in [2.45, 2.75) is 12.8 Å². The van der Waals surface area contributed by atoms with Crippen LogP contribution in [0.1, 0.15) is 23.2 Å². The molecule has 0 unspecified atom stereocenters. The van der Waals surface area contributed by atoms with Crippen LogP contribution in [0.15, 0.2) is 18.2 Å². The smallest absolute Gasteiger partial charge is 0.254 e. The number of Topliss-reactive ketones (excluding diaryl/α,β-unsaturated/α-hetero) is 1. The molecule has 2 rings (SSSR count). The van der Waals surface area contributed by atoms with Crippen LogP contribution < -0.4 is 9.47 Å². The number of ketones is 1. The topological polar surface area (TPSA) is 55.8 Å². The van der Waals surface area contributed by atoms with E-state index < -0.39 is 0 Å². The standard InChI is InChI=1S/C14H17NO4/c1-18-12-4-3-10(9-13(12)19-2)14(17)15-7-5-11(16)6-8-15/h3-4,9H,5-8H2,1-2H3. The zero-order valence-corrected chi connectivity index (χ0v) is 11.1. The minimum Gasteiger partial charge on any atom is -0.493 e. The number of carbonyl (C=O) groups is 2. The average Bonchev–Trinajstić information content (AvgIpc) is 2.46. The van der Waals surface area contributed by atoms with Gasteiger partial charge >= 0.3 is 0 Å². The maximum absolute atomic E-state index is 12.3. The van der Waals surface area contributed by atoms with Crippen LogP contribution in [0.4, 0.5) is 0 Å². The first-order chi connectivity index (χ1) is 9.15. The van der Waals surface area contributed by atoms with Crippen molar-refractivity contribution in [3.05, 3.63) is 23.8 Å². The van der Waals surface area contributed by atoms with Crippen LogP contribution in [0.3, 0.4) is 0 Å². The highest BCUT2D eigenvalue weighted by atomic mass is 16.5. The molecule has 1 aromatic rings. The number of ether oxygens (including phenoxy) is 2. The Hall–Kier alpha value is -2.04. The zero-order valence-electron chi connectivity index (χ0n) is 11.1. The second-order valence-electron chi connectivity index (χ2n) is 4.40. The summed E-state index contributed by atoms with van der Waals surface area (Å²) in [5, 5.41) is 0. The molecule has 1 aromatic carbocycles. The van der Waals surface area contributed by atoms with Gasteiger partial charge in [0.25, 0.3) is 5.91 Å². The molecule has 19 heavy (non-hydrogen) atoms. The van der Waals surface area contributed by atoms with Gasteiger partial charge in [0.1, 0.15) is 5.78 Å². The van der Waals surface area contributed by atoms with Crippen molar-refractivity contribution in [3.8, 4) is 11.5 Å². The van der Waals surface area contributed by atoms with Gasteiger partial charge in [-0.2, -0.15) is 0 Å². The molecule has 0 bridgehead atoms. The first kappa shape index (κ1) is 13.4. The fourth-order valence-corrected chi connectivity index (χ4v) is 2.11. The third kappa shape index (κ3) is 2.86. The highest BCUT2D eigenvalue weighted by molar-refractivity contribution is 5.96. The number of methoxy groups -OCH3 is 2. The molecule has 5 nitrogen and oxygen atoms in total. The van der Waals surface area contributed by atoms with E-state index in [1.807, 2.05) is 0 Å². The minimum atomic E-state index is -0.0755. The monoisotopic (exact) mass is 263 g/mol. The molecule has 0 atom stereocenters. The van der Waals surface area contributed by atoms with E-state index in [1.165, 1.54) is 7.11 Å². The van der Waals surface area contributed by atoms with E-state index in [4.69, 9.17) is 9.47 Å². The molecular weight excluding hydrogens is 246 g/mol. The fourth-order valence-electron chi connectivity index (χ4n) is 2.11. The summed E-state index contributed by atoms with van der Waals surface area (Å²) < 4.78 is 10.3. The number of rotatable bonds is 3. The summed E-state index contributed by atoms with van der Waals surface area (Å²) in [5.74, 6) is 1.26. The molecule has 1 saturated heterocycles. The Morgan fingerprint density at radius 1 is 1.11 bits per heavy atom. The van der Waals surface area contributed by atoms with Gasteiger partial charge in [0.2, 0.25) is 0 Å². The third-order valence-electron chi connectivity index (χ3n) is 3.24. The Labute approximate surface area is 112 Å². The third-order valence-corrected chi connectivity index (χ3v) is 3.24. The van der Waals surface area contributed by atoms with Gasteiger partial charge < -0.3 is 14.4 Å². The fraction of sp³-hybridized carbons (Fsp3) is 0.429. The van der Waals surface area contributed by atoms with Gasteiger partial charge in [0.05, 0.1) is 14.2 Å². The number of hydrogen-bond donors (Lipinski definition) is 0. The number of nitrogens with zero attached hydrogens (tertiary/aromatic N) is 1. The summed E-state index contributed by atoms with van der Waals surface area (Å²) in [6.07, 6.45) is 0.887. The van der Waals surface area contributed by atoms with Gasteiger partial charge in [0.15, 0.2) is 11.5 Å². The summed E-state index contributed by atoms with van der Waals surface area (Å²) in [5.41, 5.74) is 0.548. The van der Waals surface area contributed by atoms with Crippen LogP contribution >= 0.6 is 0 Å². The first-order valence-electron chi connectivity index (χ1n) is 6.18. The lowest BCUT2D eigenvalue weighted by Gasteiger charge is -2.26. The van der Waals surface area contributed by atoms with Crippen molar-refractivity contribution in [2.24, 2.45) is 0 Å². The molecule has 0 spiro atoms. The number of carbonyl (C=O) groups excluding carboxylic acids is 2. The summed E-state index contributed by atoms with van der Waals surface area (Å²) in [6, 6.07) is 5.08. The van der Waals surface area contributed by atoms with Crippen molar-refractivity contribution in [2.75, 3.05) is 27.3 Å². The van der Waals surface area contributed by atoms with Crippen LogP contribution in [-0.4, -0.2) is 43.9 Å². The zero-order chi connectivity index (χ0) is 13.8. The van der Waals surface area contributed by atoms with Gasteiger partial charge in [-0.3, -0.25) is 9.59 Å². The van der Waals surface area contributed by atoms with E-state index in [0.29, 0.717) is 43.0 Å². The summed E-state index contributed by atoms with van der Waals surface area (Å²) >= 11 is 0. The van der Waals surface area contributed by atoms with Crippen molar-refractivity contribution >= 4 is 11.7 Å². The van der Waals surface area contributed by atoms with Crippen molar-refractivity contribution in [1.29, 1.82) is 0 Å². The van der Waals surface area contributed by atoms with Gasteiger partial charge in [-0.1, -0.05) is 0 Å². The van der Waals surface area contributed by atoms with E-state index in [2.05, 4.69) is 0 Å². The van der Waals surface area contributed by atoms with Crippen molar-refractivity contribution in [3.63, 3.8) is 0 Å². The second-order valence-corrected chi connectivity index (χ2v) is 4.40. The second kappa shape index (κ2) is 5.73. The molecule has 1 amide bonds. The Balaban J connectivity index is 2.17. The normalized spacial score (nSPS) is 15.3. The van der Waals surface area contributed by atoms with Crippen LogP contribution in [0.25, 0.3) is 0 Å². The molecule has 1 fully saturated rings. The number of amides is 1. The van der Waals surface area contributed by atoms with E-state index in [0.717, 1.165) is 0 Å². The van der Waals surface area contributed by atoms with Gasteiger partial charge in [-0.25, -0.2) is 0 Å². The lowest BCUT2D eigenvalue weighted by molar-refractivity contribution is -0.120. The van der Waals surface area contributed by atoms with Gasteiger partial charge in [-0.15, -0.1) is 0 Å². The number of piperidine rings is 1. The molecule has 0 saturated carbocycles. The van der Waals surface area contributed by atoms with Gasteiger partial charge in [0, 0.05) is 31.5 Å². The highest BCUT2D eigenvalue weighted by Crippen LogP contribution is 2.28. The molecule has 0 radical (unpaired) electrons. The maximum atomic E-state index is 12.3. The molecule has 1 heterocycles. The molecule has 0 aromatic heterocycles. The van der Waals surface area contributed by atoms with Crippen molar-refractivity contribution < 1.29 is 19.1 Å². The lowest BCUT2D eigenvalue weighted by Crippen LogP contribution is -2.38. The predicted octanol–water partition coefficient (Wildman–Crippen LogP) is 1.51. The summed E-state index contributed by atoms with van der Waals surface area (Å²) in [6.45, 7) is 0.984. The number of benzene rings is 1. The number of likely N-dealkylation sites (tertiary alicyclic amines) is 1. The molecule has 5 heteroatoms. The number of hydrogen-bond acceptors (Lipinski definition) is 4. The molecule has 0 N–H and O–H groups in total. The van der Waals surface area contributed by atoms with Gasteiger partial charge in [-0.05, 0) is 18.2 Å².